The van der Waals surface area contributed by atoms with Crippen LogP contribution in [0.2, 0.25) is 0 Å². The second kappa shape index (κ2) is 18.2. The summed E-state index contributed by atoms with van der Waals surface area (Å²) in [6, 6.07) is 10.3. The van der Waals surface area contributed by atoms with Crippen molar-refractivity contribution < 1.29 is 24.2 Å². The van der Waals surface area contributed by atoms with E-state index < -0.39 is 23.1 Å². The fourth-order valence-electron chi connectivity index (χ4n) is 4.62. The van der Waals surface area contributed by atoms with E-state index in [0.717, 1.165) is 68.6 Å². The van der Waals surface area contributed by atoms with E-state index in [-0.39, 0.29) is 6.61 Å². The van der Waals surface area contributed by atoms with Gasteiger partial charge in [0, 0.05) is 30.9 Å². The van der Waals surface area contributed by atoms with E-state index >= 15 is 0 Å². The van der Waals surface area contributed by atoms with Crippen molar-refractivity contribution in [1.82, 2.24) is 0 Å². The van der Waals surface area contributed by atoms with Crippen molar-refractivity contribution in [2.45, 2.75) is 105 Å². The molecule has 0 saturated heterocycles. The smallest absolute Gasteiger partial charge is 0.331 e. The Morgan fingerprint density at radius 2 is 1.72 bits per heavy atom. The number of carboxylic acids is 1. The third-order valence-corrected chi connectivity index (χ3v) is 9.34. The lowest BCUT2D eigenvalue weighted by molar-refractivity contribution is -0.168. The van der Waals surface area contributed by atoms with E-state index in [4.69, 9.17) is 14.6 Å². The molecule has 1 heterocycles. The molecule has 0 bridgehead atoms. The molecule has 2 aromatic rings. The monoisotopic (exact) mass is 649 g/mol. The summed E-state index contributed by atoms with van der Waals surface area (Å²) in [6.07, 6.45) is 8.21. The molecule has 1 aromatic heterocycles. The number of azo groups is 1. The van der Waals surface area contributed by atoms with Crippen molar-refractivity contribution >= 4 is 39.7 Å². The topological polar surface area (TPSA) is 148 Å². The highest BCUT2D eigenvalue weighted by molar-refractivity contribution is 7.16. The third-order valence-electron chi connectivity index (χ3n) is 8.26. The minimum Gasteiger partial charge on any atom is -0.478 e. The van der Waals surface area contributed by atoms with Gasteiger partial charge in [0.2, 0.25) is 0 Å². The van der Waals surface area contributed by atoms with Crippen LogP contribution in [0.25, 0.3) is 0 Å². The van der Waals surface area contributed by atoms with Gasteiger partial charge < -0.3 is 19.5 Å². The average Bonchev–Trinajstić information content (AvgIpc) is 3.35. The number of aliphatic carboxylic acids is 1. The lowest BCUT2D eigenvalue weighted by Crippen LogP contribution is -2.42. The van der Waals surface area contributed by atoms with Crippen LogP contribution < -0.4 is 4.90 Å². The summed E-state index contributed by atoms with van der Waals surface area (Å²) >= 11 is 1.17. The highest BCUT2D eigenvalue weighted by Gasteiger charge is 2.32. The lowest BCUT2D eigenvalue weighted by atomic mass is 9.96. The molecular weight excluding hydrogens is 602 g/mol. The first-order valence-electron chi connectivity index (χ1n) is 15.8. The Balaban J connectivity index is 2.21. The number of unbranched alkanes of at least 4 members (excludes halogenated alkanes) is 3. The second-order valence-electron chi connectivity index (χ2n) is 11.9. The molecule has 0 fully saturated rings. The van der Waals surface area contributed by atoms with Gasteiger partial charge in [-0.1, -0.05) is 40.0 Å². The number of hydrogen-bond acceptors (Lipinski definition) is 10. The number of aryl methyl sites for hydroxylation is 1. The van der Waals surface area contributed by atoms with E-state index in [1.807, 2.05) is 26.0 Å². The Morgan fingerprint density at radius 1 is 1.00 bits per heavy atom. The molecule has 1 N–H and O–H groups in total. The fourth-order valence-corrected chi connectivity index (χ4v) is 5.50. The SMILES string of the molecule is CCCCCCN(CCC(C)(CC)OCC(C)(CC)OC(=O)/C=C\C(=O)O)c1ccc(/N=N/c2sc(C#N)c(C)c2C#N)c(C)c1. The first kappa shape index (κ1) is 38.1. The number of nitriles is 2. The van der Waals surface area contributed by atoms with E-state index in [1.54, 1.807) is 13.8 Å². The number of anilines is 1. The number of ether oxygens (including phenoxy) is 2. The molecule has 1 aromatic carbocycles. The molecule has 0 spiro atoms. The van der Waals surface area contributed by atoms with Crippen LogP contribution in [0.5, 0.6) is 0 Å². The first-order chi connectivity index (χ1) is 21.8. The largest absolute Gasteiger partial charge is 0.478 e. The zero-order valence-electron chi connectivity index (χ0n) is 28.2. The molecule has 0 aliphatic rings. The Hall–Kier alpha value is -4.06. The second-order valence-corrected chi connectivity index (χ2v) is 12.9. The van der Waals surface area contributed by atoms with Crippen molar-refractivity contribution in [2.24, 2.45) is 10.2 Å². The molecule has 0 aliphatic heterocycles. The Bertz CT molecular complexity index is 1490. The Morgan fingerprint density at radius 3 is 2.30 bits per heavy atom. The maximum atomic E-state index is 12.2. The van der Waals surface area contributed by atoms with Gasteiger partial charge in [0.25, 0.3) is 0 Å². The zero-order chi connectivity index (χ0) is 34.3. The predicted molar refractivity (Wildman–Crippen MR) is 181 cm³/mol. The number of rotatable bonds is 19. The molecule has 11 heteroatoms. The summed E-state index contributed by atoms with van der Waals surface area (Å²) in [7, 11) is 0. The van der Waals surface area contributed by atoms with E-state index in [1.165, 1.54) is 17.8 Å². The van der Waals surface area contributed by atoms with E-state index in [9.17, 15) is 20.1 Å². The third kappa shape index (κ3) is 11.4. The van der Waals surface area contributed by atoms with Gasteiger partial charge in [-0.3, -0.25) is 0 Å². The Labute approximate surface area is 277 Å². The highest BCUT2D eigenvalue weighted by atomic mass is 32.1. The van der Waals surface area contributed by atoms with Crippen LogP contribution in [0.4, 0.5) is 16.4 Å². The van der Waals surface area contributed by atoms with Crippen molar-refractivity contribution in [3.63, 3.8) is 0 Å². The van der Waals surface area contributed by atoms with Gasteiger partial charge in [0.1, 0.15) is 22.6 Å². The van der Waals surface area contributed by atoms with Crippen LogP contribution in [-0.2, 0) is 19.1 Å². The number of carboxylic acid groups (broad SMARTS) is 1. The molecule has 0 radical (unpaired) electrons. The summed E-state index contributed by atoms with van der Waals surface area (Å²) in [5, 5.41) is 36.9. The van der Waals surface area contributed by atoms with Crippen LogP contribution >= 0.6 is 11.3 Å². The Kier molecular flexibility index (Phi) is 15.1. The van der Waals surface area contributed by atoms with Crippen LogP contribution in [-0.4, -0.2) is 47.9 Å². The highest BCUT2D eigenvalue weighted by Crippen LogP contribution is 2.36. The molecule has 0 aliphatic carbocycles. The van der Waals surface area contributed by atoms with Crippen LogP contribution in [0.15, 0.2) is 40.6 Å². The summed E-state index contributed by atoms with van der Waals surface area (Å²) in [6.45, 7) is 15.6. The molecule has 46 heavy (non-hydrogen) atoms. The van der Waals surface area contributed by atoms with Crippen molar-refractivity contribution in [3.8, 4) is 12.1 Å². The summed E-state index contributed by atoms with van der Waals surface area (Å²) < 4.78 is 12.0. The minimum absolute atomic E-state index is 0.183. The predicted octanol–water partition coefficient (Wildman–Crippen LogP) is 8.84. The van der Waals surface area contributed by atoms with Crippen LogP contribution in [0.3, 0.4) is 0 Å². The lowest BCUT2D eigenvalue weighted by Gasteiger charge is -2.37. The van der Waals surface area contributed by atoms with Crippen LogP contribution in [0, 0.1) is 36.5 Å². The maximum absolute atomic E-state index is 12.2. The molecule has 0 amide bonds. The van der Waals surface area contributed by atoms with Gasteiger partial charge in [-0.05, 0) is 82.7 Å². The summed E-state index contributed by atoms with van der Waals surface area (Å²) in [5.41, 5.74) is 2.34. The fraction of sp³-hybridized carbons (Fsp3) is 0.543. The number of esters is 1. The summed E-state index contributed by atoms with van der Waals surface area (Å²) in [4.78, 5) is 25.8. The maximum Gasteiger partial charge on any atom is 0.331 e. The van der Waals surface area contributed by atoms with Crippen molar-refractivity contribution in [2.75, 3.05) is 24.6 Å². The minimum atomic E-state index is -1.21. The number of nitrogens with zero attached hydrogens (tertiary/aromatic N) is 5. The molecule has 248 valence electrons. The first-order valence-corrected chi connectivity index (χ1v) is 16.6. The van der Waals surface area contributed by atoms with Gasteiger partial charge in [-0.15, -0.1) is 21.6 Å². The van der Waals surface area contributed by atoms with E-state index in [0.29, 0.717) is 33.1 Å². The molecular formula is C35H47N5O5S. The number of benzene rings is 1. The normalized spacial score (nSPS) is 14.0. The number of carbonyl (C=O) groups is 2. The van der Waals surface area contributed by atoms with Gasteiger partial charge >= 0.3 is 11.9 Å². The van der Waals surface area contributed by atoms with Gasteiger partial charge in [-0.2, -0.15) is 10.5 Å². The molecule has 10 nitrogen and oxygen atoms in total. The number of carbonyl (C=O) groups excluding carboxylic acids is 1. The van der Waals surface area contributed by atoms with Gasteiger partial charge in [-0.25, -0.2) is 9.59 Å². The zero-order valence-corrected chi connectivity index (χ0v) is 29.0. The van der Waals surface area contributed by atoms with E-state index in [2.05, 4.69) is 54.1 Å². The number of thiophene rings is 1. The van der Waals surface area contributed by atoms with Crippen molar-refractivity contribution in [3.05, 3.63) is 51.9 Å². The molecule has 2 atom stereocenters. The quantitative estimate of drug-likeness (QED) is 0.0687. The van der Waals surface area contributed by atoms with Gasteiger partial charge in [0.05, 0.1) is 23.5 Å². The standard InChI is InChI=1S/C35H47N5O5S/c1-8-11-12-13-19-40(20-18-34(6,9-2)44-24-35(7,10-3)45-32(43)17-16-31(41)42)27-14-15-29(25(4)21-27)38-39-33-28(22-36)26(5)30(23-37)46-33/h14-17,21H,8-13,18-20,24H2,1-7H3,(H,41,42)/b17-16-,39-38+. The van der Waals surface area contributed by atoms with Crippen LogP contribution in [0.1, 0.15) is 101 Å². The molecule has 2 unspecified atom stereocenters. The van der Waals surface area contributed by atoms with Gasteiger partial charge in [0.15, 0.2) is 5.00 Å². The van der Waals surface area contributed by atoms with Crippen molar-refractivity contribution in [1.29, 1.82) is 10.5 Å². The average molecular weight is 650 g/mol. The molecule has 2 rings (SSSR count). The molecule has 0 saturated carbocycles. The summed E-state index contributed by atoms with van der Waals surface area (Å²) in [5.74, 6) is -1.93. The number of hydrogen-bond donors (Lipinski definition) is 1.